The molecule has 1 rings (SSSR count). The van der Waals surface area contributed by atoms with Crippen molar-refractivity contribution in [3.8, 4) is 0 Å². The van der Waals surface area contributed by atoms with Crippen molar-refractivity contribution < 1.29 is 0 Å². The summed E-state index contributed by atoms with van der Waals surface area (Å²) >= 11 is 6.13. The van der Waals surface area contributed by atoms with Crippen LogP contribution in [0.25, 0.3) is 0 Å². The van der Waals surface area contributed by atoms with Gasteiger partial charge in [-0.25, -0.2) is 0 Å². The van der Waals surface area contributed by atoms with Crippen LogP contribution >= 0.6 is 11.6 Å². The first-order valence-electron chi connectivity index (χ1n) is 4.37. The number of hydrogen-bond acceptors (Lipinski definition) is 0. The number of hydrogen-bond donors (Lipinski definition) is 0. The van der Waals surface area contributed by atoms with Gasteiger partial charge < -0.3 is 0 Å². The van der Waals surface area contributed by atoms with Crippen molar-refractivity contribution in [2.45, 2.75) is 40.0 Å². The molecule has 0 fully saturated rings. The zero-order chi connectivity index (χ0) is 8.48. The number of allylic oxidation sites excluding steroid dienone is 2. The van der Waals surface area contributed by atoms with Crippen LogP contribution in [0.4, 0.5) is 0 Å². The second-order valence-electron chi connectivity index (χ2n) is 4.44. The van der Waals surface area contributed by atoms with Gasteiger partial charge in [0, 0.05) is 5.03 Å². The van der Waals surface area contributed by atoms with Gasteiger partial charge in [0.15, 0.2) is 0 Å². The van der Waals surface area contributed by atoms with Crippen molar-refractivity contribution in [1.82, 2.24) is 0 Å². The van der Waals surface area contributed by atoms with Crippen molar-refractivity contribution in [2.24, 2.45) is 11.3 Å². The quantitative estimate of drug-likeness (QED) is 0.519. The van der Waals surface area contributed by atoms with Crippen LogP contribution in [0.3, 0.4) is 0 Å². The molecule has 0 aliphatic heterocycles. The Hall–Kier alpha value is 0.0300. The molecule has 1 aliphatic carbocycles. The fourth-order valence-corrected chi connectivity index (χ4v) is 2.23. The fourth-order valence-electron chi connectivity index (χ4n) is 1.69. The van der Waals surface area contributed by atoms with E-state index < -0.39 is 0 Å². The summed E-state index contributed by atoms with van der Waals surface area (Å²) in [6.07, 6.45) is 5.92. The van der Waals surface area contributed by atoms with E-state index in [2.05, 4.69) is 26.8 Å². The molecule has 0 heterocycles. The lowest BCUT2D eigenvalue weighted by Crippen LogP contribution is -2.22. The molecule has 1 heteroatoms. The average Bonchev–Trinajstić information content (AvgIpc) is 1.86. The SMILES string of the molecule is CC(C)(C)C1CCCC=C1Cl. The fraction of sp³-hybridized carbons (Fsp3) is 0.800. The second-order valence-corrected chi connectivity index (χ2v) is 4.87. The third-order valence-electron chi connectivity index (χ3n) is 2.41. The molecule has 0 spiro atoms. The summed E-state index contributed by atoms with van der Waals surface area (Å²) in [5.41, 5.74) is 0.341. The van der Waals surface area contributed by atoms with Gasteiger partial charge in [-0.2, -0.15) is 0 Å². The molecule has 11 heavy (non-hydrogen) atoms. The molecule has 0 bridgehead atoms. The molecule has 0 aromatic carbocycles. The molecule has 0 radical (unpaired) electrons. The Bertz CT molecular complexity index is 162. The van der Waals surface area contributed by atoms with Crippen molar-refractivity contribution in [1.29, 1.82) is 0 Å². The first kappa shape index (κ1) is 9.12. The highest BCUT2D eigenvalue weighted by Gasteiger charge is 2.28. The molecule has 0 nitrogen and oxygen atoms in total. The van der Waals surface area contributed by atoms with Crippen LogP contribution in [0.5, 0.6) is 0 Å². The summed E-state index contributed by atoms with van der Waals surface area (Å²) in [4.78, 5) is 0. The Kier molecular flexibility index (Phi) is 2.64. The molecule has 0 amide bonds. The topological polar surface area (TPSA) is 0 Å². The van der Waals surface area contributed by atoms with Crippen LogP contribution < -0.4 is 0 Å². The average molecular weight is 173 g/mol. The van der Waals surface area contributed by atoms with E-state index in [1.165, 1.54) is 19.3 Å². The van der Waals surface area contributed by atoms with E-state index in [0.29, 0.717) is 11.3 Å². The van der Waals surface area contributed by atoms with Crippen molar-refractivity contribution >= 4 is 11.6 Å². The van der Waals surface area contributed by atoms with E-state index in [4.69, 9.17) is 11.6 Å². The van der Waals surface area contributed by atoms with Gasteiger partial charge in [-0.1, -0.05) is 38.4 Å². The Morgan fingerprint density at radius 2 is 2.09 bits per heavy atom. The summed E-state index contributed by atoms with van der Waals surface area (Å²) < 4.78 is 0. The van der Waals surface area contributed by atoms with Crippen LogP contribution in [0.2, 0.25) is 0 Å². The lowest BCUT2D eigenvalue weighted by molar-refractivity contribution is 0.262. The minimum absolute atomic E-state index is 0.341. The number of halogens is 1. The summed E-state index contributed by atoms with van der Waals surface area (Å²) in [7, 11) is 0. The van der Waals surface area contributed by atoms with Crippen molar-refractivity contribution in [3.63, 3.8) is 0 Å². The minimum Gasteiger partial charge on any atom is -0.0892 e. The third kappa shape index (κ3) is 2.23. The maximum Gasteiger partial charge on any atom is 0.0177 e. The van der Waals surface area contributed by atoms with Crippen molar-refractivity contribution in [2.75, 3.05) is 0 Å². The molecule has 0 saturated carbocycles. The van der Waals surface area contributed by atoms with Crippen molar-refractivity contribution in [3.05, 3.63) is 11.1 Å². The highest BCUT2D eigenvalue weighted by molar-refractivity contribution is 6.29. The van der Waals surface area contributed by atoms with Crippen LogP contribution in [0, 0.1) is 11.3 Å². The Morgan fingerprint density at radius 1 is 1.45 bits per heavy atom. The minimum atomic E-state index is 0.341. The Labute approximate surface area is 74.6 Å². The van der Waals surface area contributed by atoms with Crippen LogP contribution in [0.1, 0.15) is 40.0 Å². The van der Waals surface area contributed by atoms with Crippen LogP contribution in [0.15, 0.2) is 11.1 Å². The summed E-state index contributed by atoms with van der Waals surface area (Å²) in [5.74, 6) is 0.595. The van der Waals surface area contributed by atoms with Gasteiger partial charge in [-0.15, -0.1) is 0 Å². The smallest absolute Gasteiger partial charge is 0.0177 e. The summed E-state index contributed by atoms with van der Waals surface area (Å²) in [6.45, 7) is 6.79. The molecular formula is C10H17Cl. The molecule has 1 atom stereocenters. The summed E-state index contributed by atoms with van der Waals surface area (Å²) in [6, 6.07) is 0. The highest BCUT2D eigenvalue weighted by atomic mass is 35.5. The first-order chi connectivity index (χ1) is 5.02. The van der Waals surface area contributed by atoms with E-state index >= 15 is 0 Å². The molecule has 0 saturated heterocycles. The van der Waals surface area contributed by atoms with E-state index in [9.17, 15) is 0 Å². The molecule has 0 aromatic rings. The van der Waals surface area contributed by atoms with E-state index in [1.54, 1.807) is 0 Å². The standard InChI is InChI=1S/C10H17Cl/c1-10(2,3)8-6-4-5-7-9(8)11/h7-8H,4-6H2,1-3H3. The van der Waals surface area contributed by atoms with Gasteiger partial charge in [-0.3, -0.25) is 0 Å². The number of rotatable bonds is 0. The third-order valence-corrected chi connectivity index (χ3v) is 2.83. The lowest BCUT2D eigenvalue weighted by Gasteiger charge is -2.32. The van der Waals surface area contributed by atoms with Crippen LogP contribution in [-0.4, -0.2) is 0 Å². The molecule has 0 N–H and O–H groups in total. The normalized spacial score (nSPS) is 26.5. The van der Waals surface area contributed by atoms with Gasteiger partial charge in [-0.05, 0) is 30.6 Å². The van der Waals surface area contributed by atoms with Gasteiger partial charge in [0.2, 0.25) is 0 Å². The largest absolute Gasteiger partial charge is 0.0892 e. The zero-order valence-electron chi connectivity index (χ0n) is 7.65. The molecular weight excluding hydrogens is 156 g/mol. The molecule has 1 aliphatic rings. The van der Waals surface area contributed by atoms with Gasteiger partial charge in [0.1, 0.15) is 0 Å². The maximum atomic E-state index is 6.13. The predicted octanol–water partition coefficient (Wildman–Crippen LogP) is 3.96. The molecule has 1 unspecified atom stereocenters. The highest BCUT2D eigenvalue weighted by Crippen LogP contribution is 2.40. The predicted molar refractivity (Wildman–Crippen MR) is 50.7 cm³/mol. The zero-order valence-corrected chi connectivity index (χ0v) is 8.41. The summed E-state index contributed by atoms with van der Waals surface area (Å²) in [5, 5.41) is 1.09. The Balaban J connectivity index is 2.71. The van der Waals surface area contributed by atoms with E-state index in [0.717, 1.165) is 5.03 Å². The van der Waals surface area contributed by atoms with Gasteiger partial charge in [0.25, 0.3) is 0 Å². The first-order valence-corrected chi connectivity index (χ1v) is 4.75. The Morgan fingerprint density at radius 3 is 2.45 bits per heavy atom. The maximum absolute atomic E-state index is 6.13. The van der Waals surface area contributed by atoms with Gasteiger partial charge >= 0.3 is 0 Å². The van der Waals surface area contributed by atoms with Gasteiger partial charge in [0.05, 0.1) is 0 Å². The monoisotopic (exact) mass is 172 g/mol. The van der Waals surface area contributed by atoms with E-state index in [-0.39, 0.29) is 0 Å². The second kappa shape index (κ2) is 3.18. The lowest BCUT2D eigenvalue weighted by atomic mass is 9.75. The van der Waals surface area contributed by atoms with E-state index in [1.807, 2.05) is 0 Å². The molecule has 64 valence electrons. The molecule has 0 aromatic heterocycles. The van der Waals surface area contributed by atoms with Crippen LogP contribution in [-0.2, 0) is 0 Å².